The van der Waals surface area contributed by atoms with E-state index in [1.807, 2.05) is 13.1 Å². The molecule has 0 radical (unpaired) electrons. The molecule has 1 rings (SSSR count). The molecule has 0 saturated carbocycles. The van der Waals surface area contributed by atoms with Crippen LogP contribution in [0.5, 0.6) is 0 Å². The first-order valence-electron chi connectivity index (χ1n) is 4.54. The van der Waals surface area contributed by atoms with Gasteiger partial charge in [-0.15, -0.1) is 0 Å². The molecule has 0 unspecified atom stereocenters. The number of H-pyrrole nitrogens is 1. The van der Waals surface area contributed by atoms with Gasteiger partial charge in [-0.25, -0.2) is 0 Å². The number of rotatable bonds is 5. The van der Waals surface area contributed by atoms with Crippen LogP contribution in [0.25, 0.3) is 0 Å². The lowest BCUT2D eigenvalue weighted by Gasteiger charge is -2.01. The van der Waals surface area contributed by atoms with Gasteiger partial charge in [0, 0.05) is 17.8 Å². The van der Waals surface area contributed by atoms with E-state index in [0.717, 1.165) is 13.1 Å². The van der Waals surface area contributed by atoms with Crippen LogP contribution in [0.1, 0.15) is 31.0 Å². The summed E-state index contributed by atoms with van der Waals surface area (Å²) in [7, 11) is 0. The van der Waals surface area contributed by atoms with Crippen LogP contribution >= 0.6 is 0 Å². The van der Waals surface area contributed by atoms with Crippen LogP contribution < -0.4 is 5.32 Å². The first-order chi connectivity index (χ1) is 5.84. The third-order valence-corrected chi connectivity index (χ3v) is 1.96. The Balaban J connectivity index is 2.20. The van der Waals surface area contributed by atoms with E-state index < -0.39 is 0 Å². The Morgan fingerprint density at radius 2 is 2.42 bits per heavy atom. The number of hydrogen-bond acceptors (Lipinski definition) is 2. The molecule has 0 saturated heterocycles. The van der Waals surface area contributed by atoms with E-state index in [1.54, 1.807) is 0 Å². The van der Waals surface area contributed by atoms with Gasteiger partial charge in [-0.2, -0.15) is 5.10 Å². The fourth-order valence-electron chi connectivity index (χ4n) is 1.08. The van der Waals surface area contributed by atoms with Crippen LogP contribution in [0, 0.1) is 6.92 Å². The molecule has 1 aromatic heterocycles. The number of nitrogens with zero attached hydrogens (tertiary/aromatic N) is 1. The minimum Gasteiger partial charge on any atom is -0.313 e. The Bertz CT molecular complexity index is 217. The molecule has 1 aromatic rings. The summed E-state index contributed by atoms with van der Waals surface area (Å²) < 4.78 is 0. The van der Waals surface area contributed by atoms with Crippen LogP contribution in [-0.4, -0.2) is 16.7 Å². The SMILES string of the molecule is CCCCNCc1cn[nH]c1C. The number of unbranched alkanes of at least 4 members (excludes halogenated alkanes) is 1. The number of aryl methyl sites for hydroxylation is 1. The average Bonchev–Trinajstić information content (AvgIpc) is 2.46. The Hall–Kier alpha value is -0.830. The highest BCUT2D eigenvalue weighted by Gasteiger charge is 1.97. The lowest BCUT2D eigenvalue weighted by molar-refractivity contribution is 0.640. The quantitative estimate of drug-likeness (QED) is 0.654. The van der Waals surface area contributed by atoms with Gasteiger partial charge in [0.05, 0.1) is 6.20 Å². The molecule has 1 heterocycles. The number of nitrogens with one attached hydrogen (secondary N) is 2. The normalized spacial score (nSPS) is 10.5. The van der Waals surface area contributed by atoms with Gasteiger partial charge in [-0.1, -0.05) is 13.3 Å². The van der Waals surface area contributed by atoms with Gasteiger partial charge in [-0.05, 0) is 19.9 Å². The fourth-order valence-corrected chi connectivity index (χ4v) is 1.08. The molecule has 0 atom stereocenters. The molecule has 0 aliphatic heterocycles. The Kier molecular flexibility index (Phi) is 3.80. The Morgan fingerprint density at radius 1 is 1.58 bits per heavy atom. The predicted octanol–water partition coefficient (Wildman–Crippen LogP) is 1.61. The van der Waals surface area contributed by atoms with Crippen molar-refractivity contribution >= 4 is 0 Å². The molecule has 0 bridgehead atoms. The van der Waals surface area contributed by atoms with Crippen molar-refractivity contribution in [3.63, 3.8) is 0 Å². The van der Waals surface area contributed by atoms with Gasteiger partial charge in [0.25, 0.3) is 0 Å². The second kappa shape index (κ2) is 4.93. The minimum atomic E-state index is 0.933. The summed E-state index contributed by atoms with van der Waals surface area (Å²) in [6.45, 7) is 6.28. The fraction of sp³-hybridized carbons (Fsp3) is 0.667. The number of aromatic amines is 1. The first kappa shape index (κ1) is 9.26. The van der Waals surface area contributed by atoms with Crippen molar-refractivity contribution in [2.24, 2.45) is 0 Å². The third kappa shape index (κ3) is 2.66. The van der Waals surface area contributed by atoms with E-state index >= 15 is 0 Å². The molecule has 3 heteroatoms. The molecule has 3 nitrogen and oxygen atoms in total. The van der Waals surface area contributed by atoms with Crippen molar-refractivity contribution in [1.82, 2.24) is 15.5 Å². The Labute approximate surface area is 73.6 Å². The zero-order valence-electron chi connectivity index (χ0n) is 7.85. The van der Waals surface area contributed by atoms with Gasteiger partial charge in [-0.3, -0.25) is 5.10 Å². The van der Waals surface area contributed by atoms with E-state index in [2.05, 4.69) is 22.4 Å². The molecular weight excluding hydrogens is 150 g/mol. The van der Waals surface area contributed by atoms with E-state index in [1.165, 1.54) is 24.1 Å². The van der Waals surface area contributed by atoms with Gasteiger partial charge in [0.2, 0.25) is 0 Å². The van der Waals surface area contributed by atoms with E-state index in [4.69, 9.17) is 0 Å². The summed E-state index contributed by atoms with van der Waals surface area (Å²) in [6, 6.07) is 0. The zero-order chi connectivity index (χ0) is 8.81. The second-order valence-electron chi connectivity index (χ2n) is 3.05. The number of hydrogen-bond donors (Lipinski definition) is 2. The van der Waals surface area contributed by atoms with Crippen molar-refractivity contribution in [1.29, 1.82) is 0 Å². The van der Waals surface area contributed by atoms with Crippen LogP contribution in [0.3, 0.4) is 0 Å². The maximum Gasteiger partial charge on any atom is 0.0535 e. The summed E-state index contributed by atoms with van der Waals surface area (Å²) in [5.74, 6) is 0. The van der Waals surface area contributed by atoms with Crippen molar-refractivity contribution in [3.8, 4) is 0 Å². The highest BCUT2D eigenvalue weighted by Crippen LogP contribution is 2.00. The van der Waals surface area contributed by atoms with Crippen LogP contribution in [0.15, 0.2) is 6.20 Å². The highest BCUT2D eigenvalue weighted by molar-refractivity contribution is 5.13. The monoisotopic (exact) mass is 167 g/mol. The lowest BCUT2D eigenvalue weighted by atomic mass is 10.2. The highest BCUT2D eigenvalue weighted by atomic mass is 15.1. The summed E-state index contributed by atoms with van der Waals surface area (Å²) in [6.07, 6.45) is 4.38. The van der Waals surface area contributed by atoms with Gasteiger partial charge < -0.3 is 5.32 Å². The molecule has 0 aliphatic rings. The maximum absolute atomic E-state index is 3.96. The molecule has 12 heavy (non-hydrogen) atoms. The summed E-state index contributed by atoms with van der Waals surface area (Å²) in [5.41, 5.74) is 2.44. The molecule has 0 aromatic carbocycles. The average molecular weight is 167 g/mol. The summed E-state index contributed by atoms with van der Waals surface area (Å²) in [5, 5.41) is 10.2. The largest absolute Gasteiger partial charge is 0.313 e. The van der Waals surface area contributed by atoms with E-state index in [0.29, 0.717) is 0 Å². The molecule has 0 spiro atoms. The molecule has 0 aliphatic carbocycles. The predicted molar refractivity (Wildman–Crippen MR) is 49.9 cm³/mol. The van der Waals surface area contributed by atoms with E-state index in [9.17, 15) is 0 Å². The Morgan fingerprint density at radius 3 is 3.00 bits per heavy atom. The smallest absolute Gasteiger partial charge is 0.0535 e. The minimum absolute atomic E-state index is 0.933. The summed E-state index contributed by atoms with van der Waals surface area (Å²) in [4.78, 5) is 0. The van der Waals surface area contributed by atoms with Crippen molar-refractivity contribution < 1.29 is 0 Å². The van der Waals surface area contributed by atoms with Crippen LogP contribution in [-0.2, 0) is 6.54 Å². The topological polar surface area (TPSA) is 40.7 Å². The van der Waals surface area contributed by atoms with Crippen LogP contribution in [0.2, 0.25) is 0 Å². The van der Waals surface area contributed by atoms with Crippen LogP contribution in [0.4, 0.5) is 0 Å². The van der Waals surface area contributed by atoms with Gasteiger partial charge in [0.15, 0.2) is 0 Å². The molecule has 0 amide bonds. The van der Waals surface area contributed by atoms with Gasteiger partial charge in [0.1, 0.15) is 0 Å². The third-order valence-electron chi connectivity index (χ3n) is 1.96. The maximum atomic E-state index is 3.96. The van der Waals surface area contributed by atoms with Crippen molar-refractivity contribution in [2.45, 2.75) is 33.2 Å². The standard InChI is InChI=1S/C9H17N3/c1-3-4-5-10-6-9-7-11-12-8(9)2/h7,10H,3-6H2,1-2H3,(H,11,12). The van der Waals surface area contributed by atoms with E-state index in [-0.39, 0.29) is 0 Å². The van der Waals surface area contributed by atoms with Gasteiger partial charge >= 0.3 is 0 Å². The molecule has 2 N–H and O–H groups in total. The number of aromatic nitrogens is 2. The second-order valence-corrected chi connectivity index (χ2v) is 3.05. The lowest BCUT2D eigenvalue weighted by Crippen LogP contribution is -2.14. The summed E-state index contributed by atoms with van der Waals surface area (Å²) >= 11 is 0. The molecular formula is C9H17N3. The van der Waals surface area contributed by atoms with Crippen molar-refractivity contribution in [3.05, 3.63) is 17.5 Å². The molecule has 68 valence electrons. The van der Waals surface area contributed by atoms with Crippen molar-refractivity contribution in [2.75, 3.05) is 6.54 Å². The first-order valence-corrected chi connectivity index (χ1v) is 4.54. The molecule has 0 fully saturated rings. The zero-order valence-corrected chi connectivity index (χ0v) is 7.85.